The van der Waals surface area contributed by atoms with Crippen molar-refractivity contribution in [3.8, 4) is 0 Å². The van der Waals surface area contributed by atoms with Crippen molar-refractivity contribution in [2.75, 3.05) is 19.6 Å². The summed E-state index contributed by atoms with van der Waals surface area (Å²) in [5.74, 6) is -0.431. The zero-order chi connectivity index (χ0) is 19.9. The fourth-order valence-corrected chi connectivity index (χ4v) is 5.46. The van der Waals surface area contributed by atoms with E-state index < -0.39 is 34.4 Å². The van der Waals surface area contributed by atoms with E-state index >= 15 is 0 Å². The van der Waals surface area contributed by atoms with Crippen LogP contribution in [0.15, 0.2) is 0 Å². The van der Waals surface area contributed by atoms with Crippen LogP contribution >= 0.6 is 0 Å². The number of carbonyl (C=O) groups excluding carboxylic acids is 2. The van der Waals surface area contributed by atoms with Crippen LogP contribution in [0.25, 0.3) is 0 Å². The Morgan fingerprint density at radius 1 is 1.25 bits per heavy atom. The molecule has 11 nitrogen and oxygen atoms in total. The van der Waals surface area contributed by atoms with Crippen LogP contribution < -0.4 is 10.8 Å². The van der Waals surface area contributed by atoms with E-state index in [2.05, 4.69) is 15.1 Å². The number of piperidine rings is 2. The molecule has 2 unspecified atom stereocenters. The minimum Gasteiger partial charge on any atom is -0.314 e. The second-order valence-corrected chi connectivity index (χ2v) is 9.11. The first-order chi connectivity index (χ1) is 13.3. The molecule has 2 bridgehead atoms. The molecule has 1 saturated carbocycles. The molecular weight excluding hydrogens is 392 g/mol. The summed E-state index contributed by atoms with van der Waals surface area (Å²) in [7, 11) is -4.81. The largest absolute Gasteiger partial charge is 0.418 e. The number of hydrogen-bond acceptors (Lipinski definition) is 7. The molecule has 28 heavy (non-hydrogen) atoms. The average molecular weight is 418 g/mol. The van der Waals surface area contributed by atoms with Crippen molar-refractivity contribution in [1.82, 2.24) is 20.8 Å². The lowest BCUT2D eigenvalue weighted by atomic mass is 9.75. The number of hydroxylamine groups is 3. The Bertz CT molecular complexity index is 739. The average Bonchev–Trinajstić information content (AvgIpc) is 3.20. The first-order valence-corrected chi connectivity index (χ1v) is 11.1. The maximum atomic E-state index is 12.7. The number of nitrogens with one attached hydrogen (secondary N) is 2. The summed E-state index contributed by atoms with van der Waals surface area (Å²) in [5, 5.41) is 3.93. The van der Waals surface area contributed by atoms with E-state index in [1.54, 1.807) is 0 Å². The number of rotatable bonds is 5. The third kappa shape index (κ3) is 3.71. The molecule has 12 heteroatoms. The van der Waals surface area contributed by atoms with E-state index in [1.165, 1.54) is 17.7 Å². The zero-order valence-corrected chi connectivity index (χ0v) is 16.3. The van der Waals surface area contributed by atoms with Gasteiger partial charge in [0.2, 0.25) is 0 Å². The van der Waals surface area contributed by atoms with Crippen molar-refractivity contribution in [2.24, 2.45) is 5.41 Å². The summed E-state index contributed by atoms with van der Waals surface area (Å²) >= 11 is 0. The Hall–Kier alpha value is -1.47. The van der Waals surface area contributed by atoms with Crippen LogP contribution in [0.4, 0.5) is 4.79 Å². The predicted octanol–water partition coefficient (Wildman–Crippen LogP) is -0.0405. The monoisotopic (exact) mass is 418 g/mol. The number of carbonyl (C=O) groups is 2. The molecule has 0 aromatic heterocycles. The van der Waals surface area contributed by atoms with Gasteiger partial charge >= 0.3 is 16.4 Å². The van der Waals surface area contributed by atoms with Gasteiger partial charge in [-0.1, -0.05) is 12.8 Å². The van der Waals surface area contributed by atoms with E-state index in [0.717, 1.165) is 25.8 Å². The van der Waals surface area contributed by atoms with Crippen molar-refractivity contribution < 1.29 is 31.7 Å². The van der Waals surface area contributed by atoms with Gasteiger partial charge in [-0.25, -0.2) is 10.3 Å². The SMILES string of the molecule is O=C(NOC1CNCCC12CCCC2)[C@@H]1CCC2CN1C(=O)N2OS(=O)(=O)O. The normalized spacial score (nSPS) is 32.2. The molecule has 3 amide bonds. The minimum absolute atomic E-state index is 0.0970. The van der Waals surface area contributed by atoms with Gasteiger partial charge in [0.1, 0.15) is 12.1 Å². The Balaban J connectivity index is 1.37. The van der Waals surface area contributed by atoms with Gasteiger partial charge in [-0.2, -0.15) is 13.5 Å². The van der Waals surface area contributed by atoms with E-state index in [1.807, 2.05) is 0 Å². The highest BCUT2D eigenvalue weighted by atomic mass is 32.3. The highest BCUT2D eigenvalue weighted by Crippen LogP contribution is 2.46. The van der Waals surface area contributed by atoms with Crippen LogP contribution in [-0.2, 0) is 24.3 Å². The molecule has 0 aromatic rings. The fraction of sp³-hybridized carbons (Fsp3) is 0.875. The summed E-state index contributed by atoms with van der Waals surface area (Å²) in [6, 6.07) is -2.05. The molecule has 0 radical (unpaired) electrons. The molecule has 3 saturated heterocycles. The zero-order valence-electron chi connectivity index (χ0n) is 15.5. The lowest BCUT2D eigenvalue weighted by Gasteiger charge is -2.41. The van der Waals surface area contributed by atoms with Crippen LogP contribution in [0.2, 0.25) is 0 Å². The molecule has 3 atom stereocenters. The second kappa shape index (κ2) is 7.41. The van der Waals surface area contributed by atoms with Gasteiger partial charge in [0.05, 0.1) is 6.04 Å². The van der Waals surface area contributed by atoms with Crippen LogP contribution in [0.5, 0.6) is 0 Å². The molecule has 158 valence electrons. The number of fused-ring (bicyclic) bond motifs is 2. The lowest BCUT2D eigenvalue weighted by molar-refractivity contribution is -0.155. The van der Waals surface area contributed by atoms with Gasteiger partial charge in [0.15, 0.2) is 0 Å². The topological polar surface area (TPSA) is 138 Å². The fourth-order valence-electron chi connectivity index (χ4n) is 5.07. The van der Waals surface area contributed by atoms with Crippen molar-refractivity contribution >= 4 is 22.3 Å². The highest BCUT2D eigenvalue weighted by molar-refractivity contribution is 7.80. The third-order valence-corrected chi connectivity index (χ3v) is 6.86. The Labute approximate surface area is 163 Å². The van der Waals surface area contributed by atoms with Gasteiger partial charge < -0.3 is 10.2 Å². The van der Waals surface area contributed by atoms with Gasteiger partial charge in [-0.15, -0.1) is 4.28 Å². The van der Waals surface area contributed by atoms with E-state index in [4.69, 9.17) is 9.39 Å². The third-order valence-electron chi connectivity index (χ3n) is 6.51. The van der Waals surface area contributed by atoms with Crippen LogP contribution in [0.1, 0.15) is 44.9 Å². The van der Waals surface area contributed by atoms with E-state index in [0.29, 0.717) is 24.4 Å². The maximum Gasteiger partial charge on any atom is 0.418 e. The Morgan fingerprint density at radius 3 is 2.71 bits per heavy atom. The number of nitrogens with zero attached hydrogens (tertiary/aromatic N) is 2. The van der Waals surface area contributed by atoms with Gasteiger partial charge in [-0.3, -0.25) is 14.2 Å². The van der Waals surface area contributed by atoms with Crippen molar-refractivity contribution in [2.45, 2.75) is 63.1 Å². The molecule has 3 N–H and O–H groups in total. The van der Waals surface area contributed by atoms with Crippen LogP contribution in [0.3, 0.4) is 0 Å². The number of amides is 3. The molecule has 3 heterocycles. The minimum atomic E-state index is -4.81. The van der Waals surface area contributed by atoms with Gasteiger partial charge in [0, 0.05) is 18.5 Å². The second-order valence-electron chi connectivity index (χ2n) is 8.11. The number of urea groups is 1. The molecule has 4 fully saturated rings. The summed E-state index contributed by atoms with van der Waals surface area (Å²) < 4.78 is 35.1. The predicted molar refractivity (Wildman–Crippen MR) is 94.8 cm³/mol. The number of hydrogen-bond donors (Lipinski definition) is 3. The molecule has 1 spiro atoms. The summed E-state index contributed by atoms with van der Waals surface area (Å²) in [6.07, 6.45) is 6.16. The van der Waals surface area contributed by atoms with Crippen molar-refractivity contribution in [1.29, 1.82) is 0 Å². The van der Waals surface area contributed by atoms with Gasteiger partial charge in [0.25, 0.3) is 5.91 Å². The van der Waals surface area contributed by atoms with E-state index in [9.17, 15) is 18.0 Å². The maximum absolute atomic E-state index is 12.7. The van der Waals surface area contributed by atoms with Crippen LogP contribution in [-0.4, -0.2) is 72.7 Å². The van der Waals surface area contributed by atoms with Crippen molar-refractivity contribution in [3.63, 3.8) is 0 Å². The smallest absolute Gasteiger partial charge is 0.314 e. The standard InChI is InChI=1S/C16H26N4O7S/c21-14(18-26-13-9-17-8-7-16(13)5-1-2-6-16)12-4-3-11-10-19(12)15(22)20(11)27-28(23,24)25/h11-13,17H,1-10H2,(H,18,21)(H,23,24,25)/t11?,12-,13?/m0/s1. The summed E-state index contributed by atoms with van der Waals surface area (Å²) in [5.41, 5.74) is 2.64. The van der Waals surface area contributed by atoms with E-state index in [-0.39, 0.29) is 18.1 Å². The quantitative estimate of drug-likeness (QED) is 0.418. The molecule has 0 aromatic carbocycles. The first kappa shape index (κ1) is 19.8. The Kier molecular flexibility index (Phi) is 5.25. The first-order valence-electron chi connectivity index (χ1n) is 9.72. The summed E-state index contributed by atoms with van der Waals surface area (Å²) in [4.78, 5) is 32.2. The van der Waals surface area contributed by atoms with Gasteiger partial charge in [-0.05, 0) is 38.6 Å². The molecule has 1 aliphatic carbocycles. The molecular formula is C16H26N4O7S. The lowest BCUT2D eigenvalue weighted by Crippen LogP contribution is -2.54. The highest BCUT2D eigenvalue weighted by Gasteiger charge is 2.50. The molecule has 4 rings (SSSR count). The summed E-state index contributed by atoms with van der Waals surface area (Å²) in [6.45, 7) is 1.77. The molecule has 3 aliphatic heterocycles. The Morgan fingerprint density at radius 2 is 2.00 bits per heavy atom. The van der Waals surface area contributed by atoms with Crippen molar-refractivity contribution in [3.05, 3.63) is 0 Å². The molecule has 4 aliphatic rings. The van der Waals surface area contributed by atoms with Crippen LogP contribution in [0, 0.1) is 5.41 Å².